The van der Waals surface area contributed by atoms with E-state index >= 15 is 0 Å². The molecule has 0 unspecified atom stereocenters. The molecule has 2 nitrogen and oxygen atoms in total. The van der Waals surface area contributed by atoms with Crippen LogP contribution < -0.4 is 20.7 Å². The largest absolute Gasteiger partial charge is 0.309 e. The molecule has 0 aliphatic rings. The van der Waals surface area contributed by atoms with E-state index in [4.69, 9.17) is 8.22 Å². The predicted octanol–water partition coefficient (Wildman–Crippen LogP) is 15.0. The highest BCUT2D eigenvalue weighted by atomic mass is 32.1. The summed E-state index contributed by atoms with van der Waals surface area (Å²) in [7, 11) is -3.30. The van der Waals surface area contributed by atoms with E-state index < -0.39 is 139 Å². The topological polar surface area (TPSA) is 9.86 Å². The predicted molar refractivity (Wildman–Crippen MR) is 302 cm³/mol. The molecule has 0 radical (unpaired) electrons. The summed E-state index contributed by atoms with van der Waals surface area (Å²) in [5.74, 6) is 0. The zero-order valence-electron chi connectivity index (χ0n) is 54.8. The van der Waals surface area contributed by atoms with E-state index in [0.29, 0.717) is 11.4 Å². The van der Waals surface area contributed by atoms with Crippen LogP contribution in [0.2, 0.25) is 0 Å². The van der Waals surface area contributed by atoms with Crippen molar-refractivity contribution >= 4 is 104 Å². The van der Waals surface area contributed by atoms with E-state index in [1.165, 1.54) is 20.5 Å². The Balaban J connectivity index is 1.09. The first-order valence-corrected chi connectivity index (χ1v) is 25.4. The number of fused-ring (bicyclic) bond motifs is 9. The molecule has 0 saturated heterocycles. The minimum absolute atomic E-state index is 0.125. The van der Waals surface area contributed by atoms with Crippen molar-refractivity contribution in [3.63, 3.8) is 0 Å². The molecular formula is C66H44N2SSi. The average molecular weight is 943 g/mol. The lowest BCUT2D eigenvalue weighted by atomic mass is 9.93. The molecule has 0 fully saturated rings. The first-order valence-electron chi connectivity index (χ1n) is 31.6. The van der Waals surface area contributed by atoms with Crippen LogP contribution >= 0.6 is 11.3 Å². The fourth-order valence-corrected chi connectivity index (χ4v) is 16.2. The molecule has 3 heterocycles. The fraction of sp³-hybridized carbons (Fsp3) is 0. The number of thiophene rings is 1. The lowest BCUT2D eigenvalue weighted by Crippen LogP contribution is -2.74. The second-order valence-corrected chi connectivity index (χ2v) is 21.9. The van der Waals surface area contributed by atoms with Gasteiger partial charge < -0.3 is 9.13 Å². The highest BCUT2D eigenvalue weighted by Crippen LogP contribution is 2.42. The minimum atomic E-state index is -3.30. The minimum Gasteiger partial charge on any atom is -0.309 e. The SMILES string of the molecule is [2H]c1c([2H])c([2H])c(-c2c([2H])c([2H])c3c(c2[2H])c2c([2H])c([2H])c([2H])c([2H])c2n3-c2ccc3sc4ccccc4c3c2)c(-c2c([2H])c([2H])c3c(c2[2H])c2c([2H])c([2H])c([2H])c([2H])c2n3-c2cccc([Si](c3ccccc3)(c3ccccc3)c3ccccc3)c2)c1[2H]. The number of hydrogen-bond acceptors (Lipinski definition) is 1. The molecule has 0 bridgehead atoms. The molecule has 0 spiro atoms. The molecule has 0 amide bonds. The van der Waals surface area contributed by atoms with Gasteiger partial charge in [-0.3, -0.25) is 0 Å². The Morgan fingerprint density at radius 2 is 0.786 bits per heavy atom. The maximum Gasteiger partial charge on any atom is 0.179 e. The van der Waals surface area contributed by atoms with Gasteiger partial charge in [0.15, 0.2) is 8.07 Å². The summed E-state index contributed by atoms with van der Waals surface area (Å²) in [6.07, 6.45) is 0. The van der Waals surface area contributed by atoms with Gasteiger partial charge in [0.2, 0.25) is 0 Å². The number of rotatable bonds is 8. The van der Waals surface area contributed by atoms with E-state index in [-0.39, 0.29) is 43.6 Å². The monoisotopic (exact) mass is 942 g/mol. The van der Waals surface area contributed by atoms with Gasteiger partial charge in [-0.25, -0.2) is 0 Å². The third-order valence-corrected chi connectivity index (χ3v) is 19.2. The highest BCUT2D eigenvalue weighted by Gasteiger charge is 2.41. The van der Waals surface area contributed by atoms with Crippen molar-refractivity contribution in [3.05, 3.63) is 266 Å². The van der Waals surface area contributed by atoms with Crippen molar-refractivity contribution in [3.8, 4) is 33.6 Å². The maximum atomic E-state index is 10.3. The summed E-state index contributed by atoms with van der Waals surface area (Å²) in [5.41, 5.74) is -2.39. The quantitative estimate of drug-likeness (QED) is 0.106. The molecule has 328 valence electrons. The van der Waals surface area contributed by atoms with Gasteiger partial charge in [-0.05, 0) is 116 Å². The Kier molecular flexibility index (Phi) is 6.12. The van der Waals surface area contributed by atoms with Crippen molar-refractivity contribution in [1.29, 1.82) is 0 Å². The van der Waals surface area contributed by atoms with Crippen LogP contribution in [0.25, 0.3) is 97.4 Å². The number of para-hydroxylation sites is 2. The van der Waals surface area contributed by atoms with Crippen molar-refractivity contribution < 1.29 is 24.7 Å². The molecule has 70 heavy (non-hydrogen) atoms. The Morgan fingerprint density at radius 3 is 1.36 bits per heavy atom. The van der Waals surface area contributed by atoms with Gasteiger partial charge in [0.05, 0.1) is 46.7 Å². The van der Waals surface area contributed by atoms with Crippen LogP contribution in [0, 0.1) is 0 Å². The zero-order valence-corrected chi connectivity index (χ0v) is 38.6. The van der Waals surface area contributed by atoms with Gasteiger partial charge in [-0.15, -0.1) is 11.3 Å². The highest BCUT2D eigenvalue weighted by molar-refractivity contribution is 7.25. The Labute approximate surface area is 436 Å². The van der Waals surface area contributed by atoms with Gasteiger partial charge in [0, 0.05) is 53.1 Å². The zero-order chi connectivity index (χ0) is 61.8. The van der Waals surface area contributed by atoms with E-state index in [2.05, 4.69) is 36.4 Å². The first-order chi connectivity index (χ1) is 42.2. The van der Waals surface area contributed by atoms with Gasteiger partial charge in [-0.2, -0.15) is 0 Å². The first kappa shape index (κ1) is 26.3. The van der Waals surface area contributed by atoms with Crippen molar-refractivity contribution in [2.45, 2.75) is 0 Å². The summed E-state index contributed by atoms with van der Waals surface area (Å²) < 4.78 is 176. The molecule has 0 N–H and O–H groups in total. The number of aromatic nitrogens is 2. The number of nitrogens with zero attached hydrogens (tertiary/aromatic N) is 2. The molecule has 11 aromatic carbocycles. The Bertz CT molecular complexity index is 5280. The van der Waals surface area contributed by atoms with Gasteiger partial charge in [-0.1, -0.05) is 194 Å². The second-order valence-electron chi connectivity index (χ2n) is 17.0. The summed E-state index contributed by atoms with van der Waals surface area (Å²) in [4.78, 5) is 0. The Morgan fingerprint density at radius 1 is 0.329 bits per heavy atom. The molecular weight excluding hydrogens is 881 g/mol. The third-order valence-electron chi connectivity index (χ3n) is 13.3. The molecule has 14 rings (SSSR count). The van der Waals surface area contributed by atoms with Crippen molar-refractivity contribution in [2.24, 2.45) is 0 Å². The van der Waals surface area contributed by atoms with E-state index in [0.717, 1.165) is 40.9 Å². The van der Waals surface area contributed by atoms with Crippen LogP contribution in [-0.4, -0.2) is 17.2 Å². The average Bonchev–Trinajstić information content (AvgIpc) is 1.49. The number of benzene rings is 11. The van der Waals surface area contributed by atoms with Crippen molar-refractivity contribution in [2.75, 3.05) is 0 Å². The lowest BCUT2D eigenvalue weighted by Gasteiger charge is -2.34. The lowest BCUT2D eigenvalue weighted by molar-refractivity contribution is 1.18. The second kappa shape index (κ2) is 16.3. The molecule has 0 atom stereocenters. The van der Waals surface area contributed by atoms with E-state index in [1.807, 2.05) is 109 Å². The van der Waals surface area contributed by atoms with E-state index in [9.17, 15) is 16.4 Å². The summed E-state index contributed by atoms with van der Waals surface area (Å²) in [6, 6.07) is 38.3. The third kappa shape index (κ3) is 6.24. The summed E-state index contributed by atoms with van der Waals surface area (Å²) in [6.45, 7) is 0. The molecule has 14 aromatic rings. The Hall–Kier alpha value is -8.54. The van der Waals surface area contributed by atoms with Crippen LogP contribution in [0.3, 0.4) is 0 Å². The normalized spacial score (nSPS) is 15.6. The maximum absolute atomic E-state index is 10.3. The van der Waals surface area contributed by atoms with Gasteiger partial charge in [0.25, 0.3) is 0 Å². The van der Waals surface area contributed by atoms with Gasteiger partial charge in [0.1, 0.15) is 0 Å². The molecule has 0 aliphatic heterocycles. The molecule has 0 saturated carbocycles. The molecule has 0 aliphatic carbocycles. The van der Waals surface area contributed by atoms with Crippen LogP contribution in [0.15, 0.2) is 266 Å². The van der Waals surface area contributed by atoms with Crippen LogP contribution in [0.1, 0.15) is 24.7 Å². The van der Waals surface area contributed by atoms with Crippen molar-refractivity contribution in [1.82, 2.24) is 9.13 Å². The van der Waals surface area contributed by atoms with Crippen LogP contribution in [0.5, 0.6) is 0 Å². The van der Waals surface area contributed by atoms with E-state index in [1.54, 1.807) is 12.1 Å². The smallest absolute Gasteiger partial charge is 0.179 e. The van der Waals surface area contributed by atoms with Crippen LogP contribution in [0.4, 0.5) is 0 Å². The van der Waals surface area contributed by atoms with Crippen LogP contribution in [-0.2, 0) is 0 Å². The molecule has 3 aromatic heterocycles. The molecule has 4 heteroatoms. The summed E-state index contributed by atoms with van der Waals surface area (Å²) >= 11 is 1.54. The van der Waals surface area contributed by atoms with Gasteiger partial charge >= 0.3 is 0 Å². The summed E-state index contributed by atoms with van der Waals surface area (Å²) in [5, 5.41) is 4.66. The number of hydrogen-bond donors (Lipinski definition) is 0. The fourth-order valence-electron chi connectivity index (χ4n) is 10.3. The standard InChI is InChI=1S/C66H44N2SSi/c1-4-20-49(21-5-1)70(50-22-6-2-7-23-50,51-24-8-3-9-25-51)52-26-18-19-47(43-52)67-61-32-15-12-29-55(61)58-41-45(35-38-63(58)67)53-27-10-11-28-54(53)46-36-39-64-59(42-46)56-30-13-16-33-62(56)68(64)48-37-40-66-60(44-48)57-31-14-17-34-65(57)69-66/h1-44H/i10D,11D,12D,13D,15D,16D,27D,28D,29D,30D,32D,33D,35D,36D,38D,39D,41D,42D.